The van der Waals surface area contributed by atoms with Crippen LogP contribution in [0, 0.1) is 10.1 Å². The Labute approximate surface area is 150 Å². The number of hydrogen-bond acceptors (Lipinski definition) is 7. The lowest BCUT2D eigenvalue weighted by atomic mass is 10.2. The number of carbonyl (C=O) groups excluding carboxylic acids is 2. The van der Waals surface area contributed by atoms with Crippen LogP contribution in [0.5, 0.6) is 0 Å². The highest BCUT2D eigenvalue weighted by atomic mass is 32.2. The van der Waals surface area contributed by atoms with Gasteiger partial charge in [0.15, 0.2) is 11.0 Å². The predicted molar refractivity (Wildman–Crippen MR) is 93.1 cm³/mol. The van der Waals surface area contributed by atoms with E-state index in [1.54, 1.807) is 21.0 Å². The second kappa shape index (κ2) is 9.97. The number of hydrogen-bond donors (Lipinski definition) is 0. The van der Waals surface area contributed by atoms with E-state index < -0.39 is 10.3 Å². The molecule has 0 aliphatic rings. The number of thioether (sulfide) groups is 1. The first-order chi connectivity index (χ1) is 11.8. The van der Waals surface area contributed by atoms with Gasteiger partial charge < -0.3 is 9.80 Å². The second-order valence-electron chi connectivity index (χ2n) is 5.62. The summed E-state index contributed by atoms with van der Waals surface area (Å²) in [4.78, 5) is 40.6. The molecule has 140 valence electrons. The van der Waals surface area contributed by atoms with Crippen LogP contribution in [0.3, 0.4) is 0 Å². The first-order valence-electron chi connectivity index (χ1n) is 7.97. The maximum Gasteiger partial charge on any atom is 0.346 e. The Kier molecular flexibility index (Phi) is 8.32. The molecule has 0 spiro atoms. The van der Waals surface area contributed by atoms with E-state index in [0.717, 1.165) is 12.8 Å². The van der Waals surface area contributed by atoms with Gasteiger partial charge in [-0.25, -0.2) is 9.78 Å². The van der Waals surface area contributed by atoms with Gasteiger partial charge in [0.1, 0.15) is 0 Å². The molecule has 0 aromatic carbocycles. The molecule has 11 heteroatoms. The third kappa shape index (κ3) is 6.33. The lowest BCUT2D eigenvalue weighted by Crippen LogP contribution is -2.34. The number of aryl methyl sites for hydroxylation is 1. The van der Waals surface area contributed by atoms with Crippen LogP contribution in [0.25, 0.3) is 0 Å². The van der Waals surface area contributed by atoms with Gasteiger partial charge in [0.05, 0.1) is 11.9 Å². The number of nitrogens with zero attached hydrogens (tertiary/aromatic N) is 6. The maximum atomic E-state index is 12.3. The predicted octanol–water partition coefficient (Wildman–Crippen LogP) is 1.32. The Morgan fingerprint density at radius 1 is 1.48 bits per heavy atom. The second-order valence-corrected chi connectivity index (χ2v) is 6.90. The number of rotatable bonds is 10. The highest BCUT2D eigenvalue weighted by molar-refractivity contribution is 7.99. The smallest absolute Gasteiger partial charge is 0.329 e. The van der Waals surface area contributed by atoms with Gasteiger partial charge in [-0.15, -0.1) is 5.10 Å². The van der Waals surface area contributed by atoms with Gasteiger partial charge in [-0.05, 0) is 13.3 Å². The maximum absolute atomic E-state index is 12.3. The molecule has 2 amide bonds. The summed E-state index contributed by atoms with van der Waals surface area (Å²) in [6.45, 7) is 3.43. The first kappa shape index (κ1) is 20.9. The monoisotopic (exact) mass is 372 g/mol. The van der Waals surface area contributed by atoms with Gasteiger partial charge >= 0.3 is 6.03 Å². The molecule has 1 unspecified atom stereocenters. The van der Waals surface area contributed by atoms with Crippen LogP contribution >= 0.6 is 11.8 Å². The molecule has 0 fully saturated rings. The Hall–Kier alpha value is -2.17. The minimum absolute atomic E-state index is 0.0108. The molecule has 1 rings (SSSR count). The van der Waals surface area contributed by atoms with Gasteiger partial charge in [-0.2, -0.15) is 4.68 Å². The molecular weight excluding hydrogens is 348 g/mol. The zero-order valence-corrected chi connectivity index (χ0v) is 15.7. The SMILES string of the molecule is CCCCc1nc(SC(C)N(C=O)CC[N+](=O)[O-])n(C(=O)N(C)C)n1. The minimum atomic E-state index is -0.477. The Morgan fingerprint density at radius 3 is 2.68 bits per heavy atom. The molecule has 0 N–H and O–H groups in total. The molecule has 1 heterocycles. The molecule has 0 aliphatic heterocycles. The van der Waals surface area contributed by atoms with E-state index >= 15 is 0 Å². The molecule has 1 aromatic heterocycles. The average Bonchev–Trinajstić information content (AvgIpc) is 2.94. The summed E-state index contributed by atoms with van der Waals surface area (Å²) in [5.41, 5.74) is 0. The van der Waals surface area contributed by atoms with Crippen LogP contribution in [-0.4, -0.2) is 74.5 Å². The van der Waals surface area contributed by atoms with E-state index in [1.165, 1.54) is 26.2 Å². The van der Waals surface area contributed by atoms with Crippen molar-refractivity contribution >= 4 is 24.2 Å². The topological polar surface area (TPSA) is 114 Å². The summed E-state index contributed by atoms with van der Waals surface area (Å²) in [5, 5.41) is 14.7. The summed E-state index contributed by atoms with van der Waals surface area (Å²) in [6.07, 6.45) is 3.11. The summed E-state index contributed by atoms with van der Waals surface area (Å²) in [5.74, 6) is 0.565. The minimum Gasteiger partial charge on any atom is -0.329 e. The van der Waals surface area contributed by atoms with Crippen LogP contribution in [0.15, 0.2) is 5.16 Å². The Balaban J connectivity index is 2.96. The Bertz CT molecular complexity index is 606. The van der Waals surface area contributed by atoms with Gasteiger partial charge in [-0.3, -0.25) is 14.9 Å². The fourth-order valence-corrected chi connectivity index (χ4v) is 2.88. The van der Waals surface area contributed by atoms with E-state index in [-0.39, 0.29) is 19.1 Å². The third-order valence-corrected chi connectivity index (χ3v) is 4.45. The van der Waals surface area contributed by atoms with Gasteiger partial charge in [0, 0.05) is 25.4 Å². The highest BCUT2D eigenvalue weighted by Gasteiger charge is 2.23. The fraction of sp³-hybridized carbons (Fsp3) is 0.714. The summed E-state index contributed by atoms with van der Waals surface area (Å²) < 4.78 is 1.21. The zero-order valence-electron chi connectivity index (χ0n) is 14.9. The van der Waals surface area contributed by atoms with Crippen molar-refractivity contribution in [1.29, 1.82) is 0 Å². The summed E-state index contributed by atoms with van der Waals surface area (Å²) >= 11 is 1.17. The van der Waals surface area contributed by atoms with Crippen LogP contribution in [0.1, 0.15) is 32.5 Å². The normalized spacial score (nSPS) is 11.8. The molecule has 0 aliphatic carbocycles. The number of amides is 2. The largest absolute Gasteiger partial charge is 0.346 e. The molecule has 0 saturated heterocycles. The van der Waals surface area contributed by atoms with E-state index in [1.807, 2.05) is 0 Å². The molecule has 1 atom stereocenters. The van der Waals surface area contributed by atoms with E-state index in [2.05, 4.69) is 17.0 Å². The van der Waals surface area contributed by atoms with Crippen molar-refractivity contribution < 1.29 is 14.5 Å². The lowest BCUT2D eigenvalue weighted by molar-refractivity contribution is -0.479. The van der Waals surface area contributed by atoms with Crippen molar-refractivity contribution in [1.82, 2.24) is 24.6 Å². The number of aromatic nitrogens is 3. The van der Waals surface area contributed by atoms with Crippen LogP contribution in [-0.2, 0) is 11.2 Å². The summed E-state index contributed by atoms with van der Waals surface area (Å²) in [6, 6.07) is -0.340. The molecular formula is C14H24N6O4S. The van der Waals surface area contributed by atoms with Crippen LogP contribution in [0.4, 0.5) is 4.79 Å². The van der Waals surface area contributed by atoms with Crippen LogP contribution < -0.4 is 0 Å². The van der Waals surface area contributed by atoms with Crippen molar-refractivity contribution in [3.63, 3.8) is 0 Å². The quantitative estimate of drug-likeness (QED) is 0.200. The van der Waals surface area contributed by atoms with Gasteiger partial charge in [0.25, 0.3) is 0 Å². The molecule has 0 bridgehead atoms. The fourth-order valence-electron chi connectivity index (χ4n) is 1.91. The number of nitro groups is 1. The average molecular weight is 372 g/mol. The van der Waals surface area contributed by atoms with Crippen molar-refractivity contribution in [2.45, 2.75) is 43.6 Å². The zero-order chi connectivity index (χ0) is 19.0. The third-order valence-electron chi connectivity index (χ3n) is 3.36. The molecule has 10 nitrogen and oxygen atoms in total. The summed E-state index contributed by atoms with van der Waals surface area (Å²) in [7, 11) is 3.23. The molecule has 1 aromatic rings. The van der Waals surface area contributed by atoms with E-state index in [4.69, 9.17) is 0 Å². The molecule has 0 radical (unpaired) electrons. The molecule has 0 saturated carbocycles. The van der Waals surface area contributed by atoms with Crippen molar-refractivity contribution in [2.75, 3.05) is 27.2 Å². The first-order valence-corrected chi connectivity index (χ1v) is 8.85. The Morgan fingerprint density at radius 2 is 2.16 bits per heavy atom. The van der Waals surface area contributed by atoms with E-state index in [9.17, 15) is 19.7 Å². The van der Waals surface area contributed by atoms with E-state index in [0.29, 0.717) is 23.8 Å². The van der Waals surface area contributed by atoms with Gasteiger partial charge in [0.2, 0.25) is 13.0 Å². The van der Waals surface area contributed by atoms with Crippen molar-refractivity contribution in [3.8, 4) is 0 Å². The van der Waals surface area contributed by atoms with Crippen LogP contribution in [0.2, 0.25) is 0 Å². The highest BCUT2D eigenvalue weighted by Crippen LogP contribution is 2.24. The number of carbonyl (C=O) groups is 2. The van der Waals surface area contributed by atoms with Crippen molar-refractivity contribution in [2.24, 2.45) is 0 Å². The standard InChI is InChI=1S/C14H24N6O4S/c1-5-6-7-12-15-13(20(16-12)14(22)17(3)4)25-11(2)18(10-21)8-9-19(23)24/h10-11H,5-9H2,1-4H3. The van der Waals surface area contributed by atoms with Crippen molar-refractivity contribution in [3.05, 3.63) is 15.9 Å². The lowest BCUT2D eigenvalue weighted by Gasteiger charge is -2.22. The number of unbranched alkanes of at least 4 members (excludes halogenated alkanes) is 1. The molecule has 25 heavy (non-hydrogen) atoms. The van der Waals surface area contributed by atoms with Gasteiger partial charge in [-0.1, -0.05) is 25.1 Å².